The van der Waals surface area contributed by atoms with E-state index < -0.39 is 0 Å². The predicted molar refractivity (Wildman–Crippen MR) is 125 cm³/mol. The van der Waals surface area contributed by atoms with Crippen molar-refractivity contribution in [2.24, 2.45) is 17.3 Å². The molecule has 0 aliphatic rings. The maximum absolute atomic E-state index is 12.3. The van der Waals surface area contributed by atoms with Gasteiger partial charge in [-0.25, -0.2) is 0 Å². The molecule has 9 heteroatoms. The second kappa shape index (κ2) is 10.1. The van der Waals surface area contributed by atoms with E-state index in [2.05, 4.69) is 31.8 Å². The highest BCUT2D eigenvalue weighted by molar-refractivity contribution is 7.99. The van der Waals surface area contributed by atoms with Crippen molar-refractivity contribution in [3.8, 4) is 0 Å². The first kappa shape index (κ1) is 21.0. The number of carbonyl (C=O) groups is 1. The van der Waals surface area contributed by atoms with E-state index in [1.807, 2.05) is 77.7 Å². The Hall–Kier alpha value is -3.30. The zero-order valence-corrected chi connectivity index (χ0v) is 18.4. The lowest BCUT2D eigenvalue weighted by molar-refractivity contribution is -0.113. The fourth-order valence-electron chi connectivity index (χ4n) is 2.74. The van der Waals surface area contributed by atoms with Crippen LogP contribution in [0.4, 0.5) is 17.1 Å². The van der Waals surface area contributed by atoms with E-state index >= 15 is 0 Å². The number of anilines is 1. The number of hydrogen-bond acceptors (Lipinski definition) is 7. The lowest BCUT2D eigenvalue weighted by Crippen LogP contribution is -2.14. The molecule has 0 atom stereocenters. The molecule has 4 aromatic rings. The Balaban J connectivity index is 1.28. The Bertz CT molecular complexity index is 1150. The number of thiophene rings is 1. The lowest BCUT2D eigenvalue weighted by atomic mass is 10.3. The van der Waals surface area contributed by atoms with E-state index in [0.29, 0.717) is 11.4 Å². The van der Waals surface area contributed by atoms with Crippen LogP contribution in [-0.2, 0) is 18.3 Å². The molecule has 156 valence electrons. The van der Waals surface area contributed by atoms with E-state index in [1.54, 1.807) is 11.3 Å². The molecular weight excluding hydrogens is 428 g/mol. The van der Waals surface area contributed by atoms with Gasteiger partial charge < -0.3 is 9.88 Å². The molecular formula is C22H20N6OS2. The summed E-state index contributed by atoms with van der Waals surface area (Å²) in [5.41, 5.74) is 2.22. The minimum atomic E-state index is -0.105. The SMILES string of the molecule is Cn1c(Cc2cccs2)nnc1SCC(=O)Nc1ccc(N=Nc2ccccc2)cc1. The Labute approximate surface area is 188 Å². The predicted octanol–water partition coefficient (Wildman–Crippen LogP) is 5.61. The van der Waals surface area contributed by atoms with E-state index in [1.165, 1.54) is 16.6 Å². The third-order valence-electron chi connectivity index (χ3n) is 4.36. The summed E-state index contributed by atoms with van der Waals surface area (Å²) in [5.74, 6) is 1.03. The van der Waals surface area contributed by atoms with Crippen LogP contribution in [0.3, 0.4) is 0 Å². The quantitative estimate of drug-likeness (QED) is 0.280. The van der Waals surface area contributed by atoms with Crippen molar-refractivity contribution in [2.45, 2.75) is 11.6 Å². The van der Waals surface area contributed by atoms with Crippen LogP contribution >= 0.6 is 23.1 Å². The van der Waals surface area contributed by atoms with Crippen LogP contribution in [0.2, 0.25) is 0 Å². The first-order chi connectivity index (χ1) is 15.2. The van der Waals surface area contributed by atoms with Crippen LogP contribution in [0.25, 0.3) is 0 Å². The molecule has 31 heavy (non-hydrogen) atoms. The molecule has 0 spiro atoms. The number of nitrogens with zero attached hydrogens (tertiary/aromatic N) is 5. The van der Waals surface area contributed by atoms with Crippen molar-refractivity contribution in [2.75, 3.05) is 11.1 Å². The Morgan fingerprint density at radius 2 is 1.74 bits per heavy atom. The topological polar surface area (TPSA) is 84.5 Å². The van der Waals surface area contributed by atoms with Gasteiger partial charge in [-0.2, -0.15) is 10.2 Å². The molecule has 2 aromatic carbocycles. The van der Waals surface area contributed by atoms with Gasteiger partial charge in [-0.05, 0) is 47.8 Å². The number of benzene rings is 2. The van der Waals surface area contributed by atoms with Crippen LogP contribution in [0.15, 0.2) is 87.5 Å². The van der Waals surface area contributed by atoms with Crippen molar-refractivity contribution < 1.29 is 4.79 Å². The summed E-state index contributed by atoms with van der Waals surface area (Å²) in [6.07, 6.45) is 0.738. The summed E-state index contributed by atoms with van der Waals surface area (Å²) in [6, 6.07) is 20.9. The van der Waals surface area contributed by atoms with Gasteiger partial charge in [0.15, 0.2) is 5.16 Å². The number of carbonyl (C=O) groups excluding carboxylic acids is 1. The summed E-state index contributed by atoms with van der Waals surface area (Å²) < 4.78 is 1.93. The van der Waals surface area contributed by atoms with Gasteiger partial charge in [0.05, 0.1) is 17.1 Å². The standard InChI is InChI=1S/C22H20N6OS2/c1-28-20(14-19-8-5-13-30-19)26-27-22(28)31-15-21(29)23-16-9-11-18(12-10-16)25-24-17-6-3-2-4-7-17/h2-13H,14-15H2,1H3,(H,23,29). The second-order valence-corrected chi connectivity index (χ2v) is 8.61. The average molecular weight is 449 g/mol. The van der Waals surface area contributed by atoms with Gasteiger partial charge in [-0.15, -0.1) is 21.5 Å². The number of nitrogens with one attached hydrogen (secondary N) is 1. The normalized spacial score (nSPS) is 11.1. The van der Waals surface area contributed by atoms with Crippen molar-refractivity contribution in [1.82, 2.24) is 14.8 Å². The van der Waals surface area contributed by atoms with Gasteiger partial charge in [-0.1, -0.05) is 36.0 Å². The zero-order chi connectivity index (χ0) is 21.5. The summed E-state index contributed by atoms with van der Waals surface area (Å²) in [7, 11) is 1.92. The molecule has 0 fully saturated rings. The van der Waals surface area contributed by atoms with Crippen LogP contribution < -0.4 is 5.32 Å². The number of amides is 1. The first-order valence-corrected chi connectivity index (χ1v) is 11.4. The first-order valence-electron chi connectivity index (χ1n) is 9.57. The summed E-state index contributed by atoms with van der Waals surface area (Å²) in [4.78, 5) is 13.6. The number of azo groups is 1. The Morgan fingerprint density at radius 1 is 1.00 bits per heavy atom. The van der Waals surface area contributed by atoms with E-state index in [4.69, 9.17) is 0 Å². The molecule has 0 saturated carbocycles. The van der Waals surface area contributed by atoms with Gasteiger partial charge in [0.2, 0.25) is 5.91 Å². The zero-order valence-electron chi connectivity index (χ0n) is 16.8. The van der Waals surface area contributed by atoms with Crippen molar-refractivity contribution in [3.05, 3.63) is 82.8 Å². The van der Waals surface area contributed by atoms with Gasteiger partial charge in [0.1, 0.15) is 5.82 Å². The molecule has 0 aliphatic carbocycles. The van der Waals surface area contributed by atoms with Crippen molar-refractivity contribution in [3.63, 3.8) is 0 Å². The Kier molecular flexibility index (Phi) is 6.85. The van der Waals surface area contributed by atoms with Gasteiger partial charge in [0.25, 0.3) is 0 Å². The highest BCUT2D eigenvalue weighted by Crippen LogP contribution is 2.22. The van der Waals surface area contributed by atoms with Crippen LogP contribution in [0, 0.1) is 0 Å². The summed E-state index contributed by atoms with van der Waals surface area (Å²) in [5, 5.41) is 22.5. The van der Waals surface area contributed by atoms with Crippen LogP contribution in [0.1, 0.15) is 10.7 Å². The monoisotopic (exact) mass is 448 g/mol. The van der Waals surface area contributed by atoms with Gasteiger partial charge in [0, 0.05) is 24.0 Å². The molecule has 0 aliphatic heterocycles. The van der Waals surface area contributed by atoms with Crippen LogP contribution in [-0.4, -0.2) is 26.4 Å². The molecule has 2 heterocycles. The highest BCUT2D eigenvalue weighted by Gasteiger charge is 2.12. The summed E-state index contributed by atoms with van der Waals surface area (Å²) in [6.45, 7) is 0. The highest BCUT2D eigenvalue weighted by atomic mass is 32.2. The Morgan fingerprint density at radius 3 is 2.45 bits per heavy atom. The number of hydrogen-bond donors (Lipinski definition) is 1. The molecule has 4 rings (SSSR count). The van der Waals surface area contributed by atoms with E-state index in [-0.39, 0.29) is 11.7 Å². The molecule has 0 unspecified atom stereocenters. The van der Waals surface area contributed by atoms with Crippen molar-refractivity contribution in [1.29, 1.82) is 0 Å². The molecule has 1 amide bonds. The molecule has 1 N–H and O–H groups in total. The minimum Gasteiger partial charge on any atom is -0.325 e. The maximum atomic E-state index is 12.3. The molecule has 7 nitrogen and oxygen atoms in total. The average Bonchev–Trinajstić information content (AvgIpc) is 3.43. The smallest absolute Gasteiger partial charge is 0.234 e. The largest absolute Gasteiger partial charge is 0.325 e. The number of rotatable bonds is 8. The fraction of sp³-hybridized carbons (Fsp3) is 0.136. The molecule has 0 bridgehead atoms. The molecule has 0 radical (unpaired) electrons. The van der Waals surface area contributed by atoms with E-state index in [0.717, 1.165) is 23.1 Å². The molecule has 0 saturated heterocycles. The second-order valence-electron chi connectivity index (χ2n) is 6.63. The third kappa shape index (κ3) is 5.87. The van der Waals surface area contributed by atoms with Gasteiger partial charge in [-0.3, -0.25) is 4.79 Å². The van der Waals surface area contributed by atoms with Crippen LogP contribution in [0.5, 0.6) is 0 Å². The van der Waals surface area contributed by atoms with Gasteiger partial charge >= 0.3 is 0 Å². The lowest BCUT2D eigenvalue weighted by Gasteiger charge is -2.06. The minimum absolute atomic E-state index is 0.105. The van der Waals surface area contributed by atoms with E-state index in [9.17, 15) is 4.79 Å². The molecule has 2 aromatic heterocycles. The number of thioether (sulfide) groups is 1. The summed E-state index contributed by atoms with van der Waals surface area (Å²) >= 11 is 3.06. The number of aromatic nitrogens is 3. The third-order valence-corrected chi connectivity index (χ3v) is 6.25. The maximum Gasteiger partial charge on any atom is 0.234 e. The fourth-order valence-corrected chi connectivity index (χ4v) is 4.17. The van der Waals surface area contributed by atoms with Crippen molar-refractivity contribution >= 4 is 46.1 Å².